The Morgan fingerprint density at radius 3 is 2.38 bits per heavy atom. The zero-order valence-corrected chi connectivity index (χ0v) is 19.5. The van der Waals surface area contributed by atoms with Gasteiger partial charge in [-0.1, -0.05) is 33.6 Å². The summed E-state index contributed by atoms with van der Waals surface area (Å²) in [6.07, 6.45) is 11.7. The molecule has 2 nitrogen and oxygen atoms in total. The number of aliphatic hydroxyl groups is 2. The van der Waals surface area contributed by atoms with E-state index in [1.165, 1.54) is 44.9 Å². The van der Waals surface area contributed by atoms with Crippen LogP contribution in [0.15, 0.2) is 0 Å². The molecule has 4 fully saturated rings. The Bertz CT molecular complexity index is 676. The lowest BCUT2D eigenvalue weighted by Crippen LogP contribution is -2.56. The first kappa shape index (κ1) is 21.7. The molecule has 0 unspecified atom stereocenters. The molecule has 2 N–H and O–H groups in total. The highest BCUT2D eigenvalue weighted by Crippen LogP contribution is 2.69. The van der Waals surface area contributed by atoms with Crippen LogP contribution in [-0.4, -0.2) is 21.9 Å². The summed E-state index contributed by atoms with van der Waals surface area (Å²) in [5.74, 6) is 10.1. The fourth-order valence-corrected chi connectivity index (χ4v) is 9.05. The number of aliphatic hydroxyl groups excluding tert-OH is 1. The van der Waals surface area contributed by atoms with Crippen LogP contribution in [0.3, 0.4) is 0 Å². The molecule has 0 saturated heterocycles. The Morgan fingerprint density at radius 2 is 1.69 bits per heavy atom. The van der Waals surface area contributed by atoms with Crippen LogP contribution in [0, 0.1) is 58.2 Å². The molecule has 0 aromatic carbocycles. The Balaban J connectivity index is 1.55. The van der Waals surface area contributed by atoms with Gasteiger partial charge in [-0.05, 0) is 117 Å². The minimum absolute atomic E-state index is 0.273. The average molecular weight is 401 g/mol. The number of fused-ring (bicyclic) bond motifs is 5. The Labute approximate surface area is 179 Å². The molecule has 4 saturated carbocycles. The second kappa shape index (κ2) is 7.56. The van der Waals surface area contributed by atoms with Crippen molar-refractivity contribution >= 4 is 0 Å². The molecule has 164 valence electrons. The Hall–Kier alpha value is -0.520. The van der Waals surface area contributed by atoms with Gasteiger partial charge in [0.2, 0.25) is 0 Å². The van der Waals surface area contributed by atoms with E-state index in [9.17, 15) is 10.2 Å². The van der Waals surface area contributed by atoms with E-state index in [-0.39, 0.29) is 5.92 Å². The molecule has 0 aromatic heterocycles. The third-order valence-electron chi connectivity index (χ3n) is 11.0. The molecule has 4 aliphatic rings. The summed E-state index contributed by atoms with van der Waals surface area (Å²) in [5.41, 5.74) is 0.409. The van der Waals surface area contributed by atoms with E-state index in [4.69, 9.17) is 0 Å². The summed E-state index contributed by atoms with van der Waals surface area (Å²) < 4.78 is 0. The zero-order valence-electron chi connectivity index (χ0n) is 19.5. The van der Waals surface area contributed by atoms with Crippen LogP contribution in [0.2, 0.25) is 0 Å². The maximum Gasteiger partial charge on any atom is 0.117 e. The summed E-state index contributed by atoms with van der Waals surface area (Å²) >= 11 is 0. The van der Waals surface area contributed by atoms with Crippen molar-refractivity contribution in [1.29, 1.82) is 0 Å². The summed E-state index contributed by atoms with van der Waals surface area (Å²) in [7, 11) is 0. The molecule has 0 bridgehead atoms. The Morgan fingerprint density at radius 1 is 0.966 bits per heavy atom. The Kier molecular flexibility index (Phi) is 5.66. The zero-order chi connectivity index (χ0) is 21.0. The van der Waals surface area contributed by atoms with Gasteiger partial charge in [-0.3, -0.25) is 0 Å². The van der Waals surface area contributed by atoms with Crippen molar-refractivity contribution < 1.29 is 10.2 Å². The van der Waals surface area contributed by atoms with Crippen LogP contribution in [0.5, 0.6) is 0 Å². The number of hydrogen-bond acceptors (Lipinski definition) is 2. The van der Waals surface area contributed by atoms with Crippen LogP contribution in [0.1, 0.15) is 98.8 Å². The van der Waals surface area contributed by atoms with Gasteiger partial charge in [-0.2, -0.15) is 0 Å². The van der Waals surface area contributed by atoms with Crippen molar-refractivity contribution in [3.05, 3.63) is 0 Å². The van der Waals surface area contributed by atoms with E-state index in [0.717, 1.165) is 37.0 Å². The van der Waals surface area contributed by atoms with E-state index < -0.39 is 11.7 Å². The van der Waals surface area contributed by atoms with Crippen LogP contribution in [-0.2, 0) is 0 Å². The van der Waals surface area contributed by atoms with Gasteiger partial charge in [0.25, 0.3) is 0 Å². The summed E-state index contributed by atoms with van der Waals surface area (Å²) in [4.78, 5) is 0. The second-order valence-electron chi connectivity index (χ2n) is 11.9. The molecular formula is C27H44O2. The molecule has 29 heavy (non-hydrogen) atoms. The predicted octanol–water partition coefficient (Wildman–Crippen LogP) is 5.81. The number of hydrogen-bond donors (Lipinski definition) is 2. The normalized spacial score (nSPS) is 51.1. The molecule has 0 aliphatic heterocycles. The van der Waals surface area contributed by atoms with Crippen molar-refractivity contribution in [1.82, 2.24) is 0 Å². The predicted molar refractivity (Wildman–Crippen MR) is 119 cm³/mol. The first-order chi connectivity index (χ1) is 13.7. The van der Waals surface area contributed by atoms with Crippen molar-refractivity contribution in [2.45, 2.75) is 111 Å². The topological polar surface area (TPSA) is 40.5 Å². The van der Waals surface area contributed by atoms with E-state index in [1.807, 2.05) is 6.92 Å². The third kappa shape index (κ3) is 3.30. The van der Waals surface area contributed by atoms with Crippen molar-refractivity contribution in [3.63, 3.8) is 0 Å². The van der Waals surface area contributed by atoms with E-state index in [1.54, 1.807) is 0 Å². The number of rotatable bonds is 3. The summed E-state index contributed by atoms with van der Waals surface area (Å²) in [6.45, 7) is 11.4. The summed E-state index contributed by atoms with van der Waals surface area (Å²) in [6, 6.07) is 0. The minimum Gasteiger partial charge on any atom is -0.390 e. The standard InChI is InChI=1S/C27H44O2/c1-6-8-24(28)18(3)21-11-12-22-20-10-9-19-17-27(29,7-2)16-15-25(19,4)23(20)13-14-26(21,22)5/h18-24,28-29H,7,9-17H2,1-5H3/t18-,19+,20-,21+,22-,23-,24+,25-,26+,27+/m0/s1. The molecule has 0 radical (unpaired) electrons. The fraction of sp³-hybridized carbons (Fsp3) is 0.926. The van der Waals surface area contributed by atoms with Gasteiger partial charge >= 0.3 is 0 Å². The van der Waals surface area contributed by atoms with Gasteiger partial charge in [-0.15, -0.1) is 5.92 Å². The van der Waals surface area contributed by atoms with E-state index >= 15 is 0 Å². The van der Waals surface area contributed by atoms with Crippen molar-refractivity contribution in [3.8, 4) is 11.8 Å². The maximum absolute atomic E-state index is 11.0. The average Bonchev–Trinajstić information content (AvgIpc) is 3.05. The van der Waals surface area contributed by atoms with Gasteiger partial charge in [0.15, 0.2) is 0 Å². The molecule has 10 atom stereocenters. The van der Waals surface area contributed by atoms with Crippen molar-refractivity contribution in [2.24, 2.45) is 46.3 Å². The van der Waals surface area contributed by atoms with Crippen molar-refractivity contribution in [2.75, 3.05) is 0 Å². The lowest BCUT2D eigenvalue weighted by Gasteiger charge is -2.62. The molecular weight excluding hydrogens is 356 g/mol. The molecule has 4 aliphatic carbocycles. The van der Waals surface area contributed by atoms with Crippen LogP contribution in [0.25, 0.3) is 0 Å². The molecule has 4 rings (SSSR count). The first-order valence-corrected chi connectivity index (χ1v) is 12.5. The molecule has 2 heteroatoms. The minimum atomic E-state index is -0.475. The molecule has 0 aromatic rings. The molecule has 0 amide bonds. The second-order valence-corrected chi connectivity index (χ2v) is 11.9. The smallest absolute Gasteiger partial charge is 0.117 e. The quantitative estimate of drug-likeness (QED) is 0.587. The SMILES string of the molecule is CC#C[C@@H](O)[C@@H](C)[C@H]1CC[C@H]2[C@@H]3CC[C@@H]4C[C@@](O)(CC)CC[C@]4(C)[C@H]3CC[C@]12C. The maximum atomic E-state index is 11.0. The highest BCUT2D eigenvalue weighted by molar-refractivity contribution is 5.13. The van der Waals surface area contributed by atoms with E-state index in [2.05, 4.69) is 39.5 Å². The summed E-state index contributed by atoms with van der Waals surface area (Å²) in [5, 5.41) is 21.6. The largest absolute Gasteiger partial charge is 0.390 e. The van der Waals surface area contributed by atoms with Crippen LogP contribution in [0.4, 0.5) is 0 Å². The lowest BCUT2D eigenvalue weighted by atomic mass is 9.43. The first-order valence-electron chi connectivity index (χ1n) is 12.5. The van der Waals surface area contributed by atoms with Crippen LogP contribution >= 0.6 is 0 Å². The van der Waals surface area contributed by atoms with Crippen LogP contribution < -0.4 is 0 Å². The fourth-order valence-electron chi connectivity index (χ4n) is 9.05. The van der Waals surface area contributed by atoms with Gasteiger partial charge in [0.05, 0.1) is 5.60 Å². The molecule has 0 spiro atoms. The lowest BCUT2D eigenvalue weighted by molar-refractivity contribution is -0.153. The third-order valence-corrected chi connectivity index (χ3v) is 11.0. The highest BCUT2D eigenvalue weighted by atomic mass is 16.3. The van der Waals surface area contributed by atoms with Gasteiger partial charge in [0.1, 0.15) is 6.10 Å². The van der Waals surface area contributed by atoms with Gasteiger partial charge in [-0.25, -0.2) is 0 Å². The van der Waals surface area contributed by atoms with E-state index in [0.29, 0.717) is 22.7 Å². The monoisotopic (exact) mass is 400 g/mol. The highest BCUT2D eigenvalue weighted by Gasteiger charge is 2.61. The van der Waals surface area contributed by atoms with Gasteiger partial charge in [0, 0.05) is 0 Å². The van der Waals surface area contributed by atoms with Gasteiger partial charge < -0.3 is 10.2 Å². The molecule has 0 heterocycles.